The van der Waals surface area contributed by atoms with Crippen LogP contribution in [0.25, 0.3) is 22.3 Å². The van der Waals surface area contributed by atoms with Crippen molar-refractivity contribution in [3.8, 4) is 28.0 Å². The number of hydrogen-bond donors (Lipinski definition) is 1. The zero-order valence-electron chi connectivity index (χ0n) is 14.8. The summed E-state index contributed by atoms with van der Waals surface area (Å²) < 4.78 is 0. The van der Waals surface area contributed by atoms with Gasteiger partial charge in [0.15, 0.2) is 0 Å². The summed E-state index contributed by atoms with van der Waals surface area (Å²) in [5, 5.41) is 10.9. The van der Waals surface area contributed by atoms with Crippen molar-refractivity contribution in [2.24, 2.45) is 0 Å². The van der Waals surface area contributed by atoms with Gasteiger partial charge in [-0.05, 0) is 42.4 Å². The maximum atomic E-state index is 11.1. The van der Waals surface area contributed by atoms with Crippen LogP contribution in [0.4, 0.5) is 0 Å². The first kappa shape index (κ1) is 18.3. The maximum absolute atomic E-state index is 11.1. The quantitative estimate of drug-likeness (QED) is 0.402. The van der Waals surface area contributed by atoms with E-state index in [0.717, 1.165) is 39.3 Å². The van der Waals surface area contributed by atoms with Crippen molar-refractivity contribution in [3.05, 3.63) is 72.8 Å². The SMILES string of the molecule is CC(=O)CCCSc1cc(-c2ccccc2)c(O)c(-c2ccccc2)c1. The highest BCUT2D eigenvalue weighted by Gasteiger charge is 2.13. The first-order valence-electron chi connectivity index (χ1n) is 8.75. The van der Waals surface area contributed by atoms with E-state index in [9.17, 15) is 9.90 Å². The van der Waals surface area contributed by atoms with E-state index < -0.39 is 0 Å². The van der Waals surface area contributed by atoms with Gasteiger partial charge in [-0.1, -0.05) is 60.7 Å². The van der Waals surface area contributed by atoms with E-state index >= 15 is 0 Å². The standard InChI is InChI=1S/C23H22O2S/c1-17(24)9-8-14-26-20-15-21(18-10-4-2-5-11-18)23(25)22(16-20)19-12-6-3-7-13-19/h2-7,10-13,15-16,25H,8-9,14H2,1H3. The third kappa shape index (κ3) is 4.55. The van der Waals surface area contributed by atoms with Gasteiger partial charge in [-0.3, -0.25) is 0 Å². The highest BCUT2D eigenvalue weighted by atomic mass is 32.2. The molecule has 0 aliphatic rings. The van der Waals surface area contributed by atoms with Crippen LogP contribution in [-0.2, 0) is 4.79 Å². The minimum atomic E-state index is 0.228. The molecule has 3 aromatic carbocycles. The molecule has 1 N–H and O–H groups in total. The number of carbonyl (C=O) groups is 1. The van der Waals surface area contributed by atoms with E-state index in [1.165, 1.54) is 0 Å². The van der Waals surface area contributed by atoms with Crippen LogP contribution in [0, 0.1) is 0 Å². The fourth-order valence-electron chi connectivity index (χ4n) is 2.88. The number of benzene rings is 3. The van der Waals surface area contributed by atoms with E-state index in [1.54, 1.807) is 18.7 Å². The normalized spacial score (nSPS) is 10.7. The van der Waals surface area contributed by atoms with Crippen molar-refractivity contribution < 1.29 is 9.90 Å². The molecule has 3 aromatic rings. The Kier molecular flexibility index (Phi) is 6.13. The number of phenols is 1. The van der Waals surface area contributed by atoms with Gasteiger partial charge in [0.2, 0.25) is 0 Å². The van der Waals surface area contributed by atoms with Crippen LogP contribution in [-0.4, -0.2) is 16.6 Å². The number of phenolic OH excluding ortho intramolecular Hbond substituents is 1. The highest BCUT2D eigenvalue weighted by Crippen LogP contribution is 2.41. The molecule has 0 aliphatic carbocycles. The Labute approximate surface area is 158 Å². The molecule has 0 fully saturated rings. The third-order valence-corrected chi connectivity index (χ3v) is 5.26. The second kappa shape index (κ2) is 8.72. The van der Waals surface area contributed by atoms with Crippen LogP contribution in [0.5, 0.6) is 5.75 Å². The molecule has 0 aliphatic heterocycles. The van der Waals surface area contributed by atoms with Crippen molar-refractivity contribution >= 4 is 17.5 Å². The Morgan fingerprint density at radius 2 is 1.38 bits per heavy atom. The molecule has 2 nitrogen and oxygen atoms in total. The summed E-state index contributed by atoms with van der Waals surface area (Å²) in [6.45, 7) is 1.63. The molecule has 3 rings (SSSR count). The first-order valence-corrected chi connectivity index (χ1v) is 9.74. The summed E-state index contributed by atoms with van der Waals surface area (Å²) in [4.78, 5) is 12.2. The predicted octanol–water partition coefficient (Wildman–Crippen LogP) is 6.19. The van der Waals surface area contributed by atoms with Gasteiger partial charge >= 0.3 is 0 Å². The second-order valence-electron chi connectivity index (χ2n) is 6.25. The van der Waals surface area contributed by atoms with Gasteiger partial charge in [-0.15, -0.1) is 11.8 Å². The maximum Gasteiger partial charge on any atom is 0.131 e. The summed E-state index contributed by atoms with van der Waals surface area (Å²) >= 11 is 1.73. The monoisotopic (exact) mass is 362 g/mol. The number of thioether (sulfide) groups is 1. The smallest absolute Gasteiger partial charge is 0.131 e. The molecule has 0 saturated heterocycles. The van der Waals surface area contributed by atoms with E-state index in [2.05, 4.69) is 0 Å². The van der Waals surface area contributed by atoms with E-state index in [1.807, 2.05) is 72.8 Å². The molecule has 0 aromatic heterocycles. The minimum Gasteiger partial charge on any atom is -0.507 e. The molecule has 0 amide bonds. The van der Waals surface area contributed by atoms with E-state index in [4.69, 9.17) is 0 Å². The Hall–Kier alpha value is -2.52. The molecule has 132 valence electrons. The van der Waals surface area contributed by atoms with Crippen LogP contribution in [0.3, 0.4) is 0 Å². The molecule has 0 spiro atoms. The summed E-state index contributed by atoms with van der Waals surface area (Å²) in [6.07, 6.45) is 1.48. The fourth-order valence-corrected chi connectivity index (χ4v) is 3.80. The molecule has 0 saturated carbocycles. The summed E-state index contributed by atoms with van der Waals surface area (Å²) in [5.74, 6) is 1.41. The molecule has 0 bridgehead atoms. The number of hydrogen-bond acceptors (Lipinski definition) is 3. The molecule has 3 heteroatoms. The lowest BCUT2D eigenvalue weighted by Gasteiger charge is -2.14. The lowest BCUT2D eigenvalue weighted by Crippen LogP contribution is -1.91. The van der Waals surface area contributed by atoms with Crippen LogP contribution < -0.4 is 0 Å². The van der Waals surface area contributed by atoms with Gasteiger partial charge in [-0.2, -0.15) is 0 Å². The molecule has 0 radical (unpaired) electrons. The topological polar surface area (TPSA) is 37.3 Å². The Balaban J connectivity index is 1.98. The largest absolute Gasteiger partial charge is 0.507 e. The third-order valence-electron chi connectivity index (χ3n) is 4.19. The Morgan fingerprint density at radius 1 is 0.885 bits per heavy atom. The van der Waals surface area contributed by atoms with Gasteiger partial charge in [0.1, 0.15) is 11.5 Å². The lowest BCUT2D eigenvalue weighted by atomic mass is 9.97. The number of aromatic hydroxyl groups is 1. The average molecular weight is 362 g/mol. The van der Waals surface area contributed by atoms with Gasteiger partial charge in [0.25, 0.3) is 0 Å². The minimum absolute atomic E-state index is 0.228. The predicted molar refractivity (Wildman–Crippen MR) is 110 cm³/mol. The molecule has 0 unspecified atom stereocenters. The zero-order valence-corrected chi connectivity index (χ0v) is 15.6. The average Bonchev–Trinajstić information content (AvgIpc) is 2.67. The van der Waals surface area contributed by atoms with Crippen molar-refractivity contribution in [1.82, 2.24) is 0 Å². The first-order chi connectivity index (χ1) is 12.6. The molecular weight excluding hydrogens is 340 g/mol. The number of Topliss-reactive ketones (excluding diaryl/α,β-unsaturated/α-hetero) is 1. The van der Waals surface area contributed by atoms with E-state index in [0.29, 0.717) is 12.2 Å². The van der Waals surface area contributed by atoms with Gasteiger partial charge in [-0.25, -0.2) is 0 Å². The molecular formula is C23H22O2S. The molecule has 0 atom stereocenters. The van der Waals surface area contributed by atoms with E-state index in [-0.39, 0.29) is 5.78 Å². The van der Waals surface area contributed by atoms with Gasteiger partial charge in [0.05, 0.1) is 0 Å². The molecule has 0 heterocycles. The molecule has 26 heavy (non-hydrogen) atoms. The van der Waals surface area contributed by atoms with Crippen molar-refractivity contribution in [3.63, 3.8) is 0 Å². The number of carbonyl (C=O) groups excluding carboxylic acids is 1. The number of ketones is 1. The second-order valence-corrected chi connectivity index (χ2v) is 7.42. The summed E-state index contributed by atoms with van der Waals surface area (Å²) in [7, 11) is 0. The van der Waals surface area contributed by atoms with Crippen LogP contribution in [0.2, 0.25) is 0 Å². The number of rotatable bonds is 7. The van der Waals surface area contributed by atoms with Crippen molar-refractivity contribution in [1.29, 1.82) is 0 Å². The summed E-state index contributed by atoms with van der Waals surface area (Å²) in [6, 6.07) is 24.0. The van der Waals surface area contributed by atoms with Crippen molar-refractivity contribution in [2.45, 2.75) is 24.7 Å². The van der Waals surface area contributed by atoms with Crippen LogP contribution >= 0.6 is 11.8 Å². The van der Waals surface area contributed by atoms with Gasteiger partial charge in [0, 0.05) is 22.4 Å². The summed E-state index contributed by atoms with van der Waals surface area (Å²) in [5.41, 5.74) is 3.66. The lowest BCUT2D eigenvalue weighted by molar-refractivity contribution is -0.117. The van der Waals surface area contributed by atoms with Crippen LogP contribution in [0.15, 0.2) is 77.7 Å². The fraction of sp³-hybridized carbons (Fsp3) is 0.174. The van der Waals surface area contributed by atoms with Crippen LogP contribution in [0.1, 0.15) is 19.8 Å². The zero-order chi connectivity index (χ0) is 18.4. The van der Waals surface area contributed by atoms with Crippen molar-refractivity contribution in [2.75, 3.05) is 5.75 Å². The Bertz CT molecular complexity index is 813. The van der Waals surface area contributed by atoms with Gasteiger partial charge < -0.3 is 9.90 Å². The Morgan fingerprint density at radius 3 is 1.85 bits per heavy atom. The highest BCUT2D eigenvalue weighted by molar-refractivity contribution is 7.99.